The van der Waals surface area contributed by atoms with Crippen molar-refractivity contribution in [1.29, 1.82) is 0 Å². The van der Waals surface area contributed by atoms with E-state index in [4.69, 9.17) is 4.74 Å². The number of methoxy groups -OCH3 is 1. The van der Waals surface area contributed by atoms with Gasteiger partial charge in [0.1, 0.15) is 5.75 Å². The molecule has 0 unspecified atom stereocenters. The first-order valence-electron chi connectivity index (χ1n) is 9.48. The molecule has 0 aromatic heterocycles. The first-order valence-corrected chi connectivity index (χ1v) is 11.0. The van der Waals surface area contributed by atoms with Gasteiger partial charge in [-0.15, -0.1) is 0 Å². The molecular weight excluding hydrogens is 376 g/mol. The third-order valence-corrected chi connectivity index (χ3v) is 6.15. The molecule has 1 aliphatic rings. The Hall–Kier alpha value is -2.38. The van der Waals surface area contributed by atoms with Gasteiger partial charge in [-0.05, 0) is 55.2 Å². The van der Waals surface area contributed by atoms with Crippen LogP contribution in [0.5, 0.6) is 5.75 Å². The van der Waals surface area contributed by atoms with Gasteiger partial charge in [0.05, 0.1) is 12.0 Å². The predicted molar refractivity (Wildman–Crippen MR) is 108 cm³/mol. The van der Waals surface area contributed by atoms with Crippen LogP contribution in [0.3, 0.4) is 0 Å². The maximum absolute atomic E-state index is 13.1. The Labute approximate surface area is 166 Å². The summed E-state index contributed by atoms with van der Waals surface area (Å²) >= 11 is 0. The van der Waals surface area contributed by atoms with Crippen LogP contribution in [-0.4, -0.2) is 38.9 Å². The summed E-state index contributed by atoms with van der Waals surface area (Å²) in [6.07, 6.45) is 2.64. The van der Waals surface area contributed by atoms with Crippen LogP contribution in [-0.2, 0) is 16.6 Å². The van der Waals surface area contributed by atoms with E-state index in [1.54, 1.807) is 19.2 Å². The lowest BCUT2D eigenvalue weighted by Crippen LogP contribution is -2.33. The van der Waals surface area contributed by atoms with Crippen molar-refractivity contribution in [3.63, 3.8) is 0 Å². The summed E-state index contributed by atoms with van der Waals surface area (Å²) in [5.41, 5.74) is 1.40. The summed E-state index contributed by atoms with van der Waals surface area (Å²) < 4.78 is 32.5. The Morgan fingerprint density at radius 3 is 2.50 bits per heavy atom. The lowest BCUT2D eigenvalue weighted by atomic mass is 10.1. The molecule has 2 aromatic carbocycles. The highest BCUT2D eigenvalue weighted by atomic mass is 32.2. The molecule has 1 amide bonds. The molecule has 0 atom stereocenters. The minimum absolute atomic E-state index is 0.118. The summed E-state index contributed by atoms with van der Waals surface area (Å²) in [4.78, 5) is 15.1. The van der Waals surface area contributed by atoms with Gasteiger partial charge in [0.2, 0.25) is 10.0 Å². The lowest BCUT2D eigenvalue weighted by Gasteiger charge is -2.23. The van der Waals surface area contributed by atoms with Gasteiger partial charge in [0, 0.05) is 24.7 Å². The second-order valence-electron chi connectivity index (χ2n) is 6.94. The van der Waals surface area contributed by atoms with Crippen LogP contribution < -0.4 is 9.46 Å². The van der Waals surface area contributed by atoms with Crippen LogP contribution in [0.25, 0.3) is 0 Å². The second kappa shape index (κ2) is 8.75. The molecule has 0 bridgehead atoms. The Kier molecular flexibility index (Phi) is 6.36. The molecule has 0 aliphatic heterocycles. The largest absolute Gasteiger partial charge is 0.497 e. The number of nitrogens with zero attached hydrogens (tertiary/aromatic N) is 1. The number of amides is 1. The van der Waals surface area contributed by atoms with E-state index in [2.05, 4.69) is 4.72 Å². The molecule has 1 aliphatic carbocycles. The maximum atomic E-state index is 13.1. The molecule has 0 radical (unpaired) electrons. The fraction of sp³-hybridized carbons (Fsp3) is 0.381. The molecule has 7 heteroatoms. The van der Waals surface area contributed by atoms with Crippen LogP contribution in [0.15, 0.2) is 53.4 Å². The molecular formula is C21H26N2O4S. The number of carbonyl (C=O) groups is 1. The Bertz CT molecular complexity index is 922. The average molecular weight is 403 g/mol. The molecule has 2 aromatic rings. The zero-order valence-electron chi connectivity index (χ0n) is 16.2. The first-order chi connectivity index (χ1) is 13.4. The van der Waals surface area contributed by atoms with E-state index >= 15 is 0 Å². The van der Waals surface area contributed by atoms with Crippen molar-refractivity contribution in [3.8, 4) is 5.75 Å². The van der Waals surface area contributed by atoms with Crippen LogP contribution >= 0.6 is 0 Å². The number of benzene rings is 2. The Morgan fingerprint density at radius 2 is 1.89 bits per heavy atom. The first kappa shape index (κ1) is 20.4. The van der Waals surface area contributed by atoms with Crippen LogP contribution in [0, 0.1) is 0 Å². The van der Waals surface area contributed by atoms with Crippen LogP contribution in [0.2, 0.25) is 0 Å². The molecule has 0 spiro atoms. The van der Waals surface area contributed by atoms with Crippen molar-refractivity contribution in [1.82, 2.24) is 9.62 Å². The molecule has 0 saturated heterocycles. The van der Waals surface area contributed by atoms with E-state index in [0.29, 0.717) is 25.1 Å². The molecule has 28 heavy (non-hydrogen) atoms. The number of rotatable bonds is 9. The number of hydrogen-bond donors (Lipinski definition) is 1. The molecule has 3 rings (SSSR count). The highest BCUT2D eigenvalue weighted by molar-refractivity contribution is 7.89. The van der Waals surface area contributed by atoms with Crippen LogP contribution in [0.4, 0.5) is 0 Å². The third-order valence-electron chi connectivity index (χ3n) is 4.69. The Morgan fingerprint density at radius 1 is 1.18 bits per heavy atom. The quantitative estimate of drug-likeness (QED) is 0.699. The zero-order valence-corrected chi connectivity index (χ0v) is 17.0. The Balaban J connectivity index is 1.81. The summed E-state index contributed by atoms with van der Waals surface area (Å²) in [6.45, 7) is 2.75. The fourth-order valence-corrected chi connectivity index (χ4v) is 4.14. The van der Waals surface area contributed by atoms with E-state index in [1.807, 2.05) is 36.1 Å². The smallest absolute Gasteiger partial charge is 0.254 e. The van der Waals surface area contributed by atoms with Gasteiger partial charge in [-0.25, -0.2) is 13.1 Å². The van der Waals surface area contributed by atoms with Crippen molar-refractivity contribution < 1.29 is 17.9 Å². The summed E-state index contributed by atoms with van der Waals surface area (Å²) in [5.74, 6) is 0.622. The van der Waals surface area contributed by atoms with Gasteiger partial charge < -0.3 is 9.64 Å². The van der Waals surface area contributed by atoms with Gasteiger partial charge in [-0.2, -0.15) is 0 Å². The number of carbonyl (C=O) groups excluding carboxylic acids is 1. The minimum Gasteiger partial charge on any atom is -0.497 e. The number of nitrogens with one attached hydrogen (secondary N) is 1. The normalized spacial score (nSPS) is 13.9. The fourth-order valence-electron chi connectivity index (χ4n) is 2.96. The monoisotopic (exact) mass is 402 g/mol. The molecule has 0 heterocycles. The number of hydrogen-bond acceptors (Lipinski definition) is 4. The standard InChI is InChI=1S/C21H26N2O4S/c1-3-13-22-28(25,26)20-6-4-5-17(14-20)21(24)23(18-9-10-18)15-16-7-11-19(27-2)12-8-16/h4-8,11-12,14,18,22H,3,9-10,13,15H2,1-2H3. The van der Waals surface area contributed by atoms with Crippen molar-refractivity contribution in [2.75, 3.05) is 13.7 Å². The topological polar surface area (TPSA) is 75.7 Å². The highest BCUT2D eigenvalue weighted by Crippen LogP contribution is 2.30. The van der Waals surface area contributed by atoms with Crippen molar-refractivity contribution in [2.24, 2.45) is 0 Å². The summed E-state index contributed by atoms with van der Waals surface area (Å²) in [7, 11) is -1.99. The lowest BCUT2D eigenvalue weighted by molar-refractivity contribution is 0.0729. The number of sulfonamides is 1. The third kappa shape index (κ3) is 4.91. The van der Waals surface area contributed by atoms with Gasteiger partial charge in [-0.1, -0.05) is 25.1 Å². The predicted octanol–water partition coefficient (Wildman–Crippen LogP) is 3.19. The summed E-state index contributed by atoms with van der Waals surface area (Å²) in [5, 5.41) is 0. The molecule has 150 valence electrons. The van der Waals surface area contributed by atoms with Crippen molar-refractivity contribution in [2.45, 2.75) is 43.7 Å². The SMILES string of the molecule is CCCNS(=O)(=O)c1cccc(C(=O)N(Cc2ccc(OC)cc2)C2CC2)c1. The molecule has 1 saturated carbocycles. The molecule has 6 nitrogen and oxygen atoms in total. The maximum Gasteiger partial charge on any atom is 0.254 e. The van der Waals surface area contributed by atoms with E-state index in [9.17, 15) is 13.2 Å². The summed E-state index contributed by atoms with van der Waals surface area (Å²) in [6, 6.07) is 14.1. The van der Waals surface area contributed by atoms with E-state index in [1.165, 1.54) is 12.1 Å². The van der Waals surface area contributed by atoms with Crippen molar-refractivity contribution >= 4 is 15.9 Å². The zero-order chi connectivity index (χ0) is 20.1. The minimum atomic E-state index is -3.61. The van der Waals surface area contributed by atoms with Gasteiger partial charge in [-0.3, -0.25) is 4.79 Å². The molecule has 1 fully saturated rings. The number of ether oxygens (including phenoxy) is 1. The second-order valence-corrected chi connectivity index (χ2v) is 8.70. The average Bonchev–Trinajstić information content (AvgIpc) is 3.56. The van der Waals surface area contributed by atoms with Gasteiger partial charge >= 0.3 is 0 Å². The highest BCUT2D eigenvalue weighted by Gasteiger charge is 2.33. The van der Waals surface area contributed by atoms with Crippen LogP contribution in [0.1, 0.15) is 42.1 Å². The van der Waals surface area contributed by atoms with Crippen molar-refractivity contribution in [3.05, 3.63) is 59.7 Å². The molecule has 1 N–H and O–H groups in total. The van der Waals surface area contributed by atoms with Gasteiger partial charge in [0.25, 0.3) is 5.91 Å². The van der Waals surface area contributed by atoms with E-state index in [0.717, 1.165) is 24.2 Å². The van der Waals surface area contributed by atoms with E-state index in [-0.39, 0.29) is 16.8 Å². The van der Waals surface area contributed by atoms with Gasteiger partial charge in [0.15, 0.2) is 0 Å². The van der Waals surface area contributed by atoms with E-state index < -0.39 is 10.0 Å².